The Hall–Kier alpha value is -2.35. The number of nitrogens with two attached hydrogens (primary N) is 1. The summed E-state index contributed by atoms with van der Waals surface area (Å²) in [6.45, 7) is 5.24. The minimum atomic E-state index is 0.105. The molecular formula is C22H26ClN5O2. The molecule has 1 aromatic carbocycles. The quantitative estimate of drug-likeness (QED) is 0.690. The number of aryl methyl sites for hydroxylation is 1. The number of hydrogen-bond donors (Lipinski definition) is 1. The van der Waals surface area contributed by atoms with E-state index in [4.69, 9.17) is 31.8 Å². The summed E-state index contributed by atoms with van der Waals surface area (Å²) in [6.07, 6.45) is 5.79. The zero-order valence-corrected chi connectivity index (χ0v) is 18.0. The van der Waals surface area contributed by atoms with Crippen LogP contribution in [-0.4, -0.2) is 53.8 Å². The molecule has 1 atom stereocenters. The number of fused-ring (bicyclic) bond motifs is 1. The van der Waals surface area contributed by atoms with Gasteiger partial charge in [0.15, 0.2) is 0 Å². The first-order valence-corrected chi connectivity index (χ1v) is 10.7. The van der Waals surface area contributed by atoms with Gasteiger partial charge in [0.25, 0.3) is 0 Å². The molecule has 2 aliphatic heterocycles. The highest BCUT2D eigenvalue weighted by atomic mass is 35.5. The average Bonchev–Trinajstić information content (AvgIpc) is 3.37. The van der Waals surface area contributed by atoms with E-state index in [1.54, 1.807) is 7.11 Å². The first kappa shape index (κ1) is 19.6. The second kappa shape index (κ2) is 7.41. The fourth-order valence-electron chi connectivity index (χ4n) is 4.81. The molecule has 0 radical (unpaired) electrons. The largest absolute Gasteiger partial charge is 0.495 e. The Kier molecular flexibility index (Phi) is 4.84. The number of aromatic nitrogens is 3. The lowest BCUT2D eigenvalue weighted by Crippen LogP contribution is -2.49. The molecule has 7 nitrogen and oxygen atoms in total. The molecule has 0 unspecified atom stereocenters. The zero-order chi connectivity index (χ0) is 20.9. The van der Waals surface area contributed by atoms with Gasteiger partial charge >= 0.3 is 0 Å². The van der Waals surface area contributed by atoms with Gasteiger partial charge in [-0.1, -0.05) is 23.7 Å². The van der Waals surface area contributed by atoms with Gasteiger partial charge in [-0.25, -0.2) is 9.97 Å². The minimum absolute atomic E-state index is 0.105. The Morgan fingerprint density at radius 3 is 2.80 bits per heavy atom. The monoisotopic (exact) mass is 427 g/mol. The molecule has 0 amide bonds. The average molecular weight is 428 g/mol. The molecule has 2 aliphatic rings. The van der Waals surface area contributed by atoms with Gasteiger partial charge in [0, 0.05) is 48.1 Å². The van der Waals surface area contributed by atoms with Crippen LogP contribution in [0.15, 0.2) is 30.6 Å². The molecular weight excluding hydrogens is 402 g/mol. The summed E-state index contributed by atoms with van der Waals surface area (Å²) >= 11 is 6.63. The highest BCUT2D eigenvalue weighted by Crippen LogP contribution is 2.41. The number of ether oxygens (including phenoxy) is 2. The number of methoxy groups -OCH3 is 1. The molecule has 0 bridgehead atoms. The maximum atomic E-state index is 6.63. The van der Waals surface area contributed by atoms with E-state index in [0.29, 0.717) is 17.4 Å². The molecule has 8 heteroatoms. The maximum absolute atomic E-state index is 6.63. The first-order chi connectivity index (χ1) is 14.5. The fourth-order valence-corrected chi connectivity index (χ4v) is 5.11. The van der Waals surface area contributed by atoms with Crippen LogP contribution >= 0.6 is 11.6 Å². The lowest BCUT2D eigenvalue weighted by molar-refractivity contribution is 0.131. The molecule has 4 heterocycles. The van der Waals surface area contributed by atoms with Gasteiger partial charge in [-0.2, -0.15) is 0 Å². The third kappa shape index (κ3) is 2.95. The smallest absolute Gasteiger partial charge is 0.211 e. The summed E-state index contributed by atoms with van der Waals surface area (Å²) in [6, 6.07) is 5.89. The van der Waals surface area contributed by atoms with E-state index in [2.05, 4.69) is 14.3 Å². The van der Waals surface area contributed by atoms with Crippen molar-refractivity contribution in [2.75, 3.05) is 38.3 Å². The highest BCUT2D eigenvalue weighted by molar-refractivity contribution is 6.35. The van der Waals surface area contributed by atoms with E-state index in [0.717, 1.165) is 61.0 Å². The highest BCUT2D eigenvalue weighted by Gasteiger charge is 2.44. The van der Waals surface area contributed by atoms with Crippen molar-refractivity contribution in [3.63, 3.8) is 0 Å². The lowest BCUT2D eigenvalue weighted by atomic mass is 9.75. The third-order valence-corrected chi connectivity index (χ3v) is 7.07. The normalized spacial score (nSPS) is 20.9. The molecule has 2 aromatic heterocycles. The zero-order valence-electron chi connectivity index (χ0n) is 17.3. The van der Waals surface area contributed by atoms with Gasteiger partial charge in [-0.3, -0.25) is 4.40 Å². The van der Waals surface area contributed by atoms with Crippen molar-refractivity contribution < 1.29 is 9.47 Å². The second-order valence-corrected chi connectivity index (χ2v) is 8.66. The Bertz CT molecular complexity index is 1090. The van der Waals surface area contributed by atoms with Gasteiger partial charge in [0.05, 0.1) is 31.0 Å². The number of anilines is 1. The summed E-state index contributed by atoms with van der Waals surface area (Å²) < 4.78 is 13.1. The molecule has 5 rings (SSSR count). The van der Waals surface area contributed by atoms with Crippen molar-refractivity contribution in [3.8, 4) is 16.9 Å². The predicted molar refractivity (Wildman–Crippen MR) is 117 cm³/mol. The van der Waals surface area contributed by atoms with Crippen LogP contribution in [0.4, 0.5) is 5.95 Å². The fraction of sp³-hybridized carbons (Fsp3) is 0.455. The molecule has 0 aliphatic carbocycles. The van der Waals surface area contributed by atoms with Crippen molar-refractivity contribution in [2.45, 2.75) is 25.8 Å². The summed E-state index contributed by atoms with van der Waals surface area (Å²) in [5, 5.41) is 0.567. The SMILES string of the molecule is COc1cccc(-c2c(C)nc(N3CCC4(CC3)COC[C@H]4N)n3ccnc23)c1Cl. The number of imidazole rings is 1. The van der Waals surface area contributed by atoms with Crippen LogP contribution < -0.4 is 15.4 Å². The van der Waals surface area contributed by atoms with Crippen LogP contribution in [0.1, 0.15) is 18.5 Å². The Labute approximate surface area is 180 Å². The standard InChI is InChI=1S/C22H26ClN5O2/c1-14-18(15-4-3-5-16(29-2)19(15)23)20-25-8-11-28(20)21(26-14)27-9-6-22(7-10-27)13-30-12-17(22)24/h3-5,8,11,17H,6-7,9-10,12-13,24H2,1-2H3/t17-/m1/s1. The number of piperidine rings is 1. The van der Waals surface area contributed by atoms with E-state index < -0.39 is 0 Å². The van der Waals surface area contributed by atoms with Gasteiger partial charge < -0.3 is 20.1 Å². The number of nitrogens with zero attached hydrogens (tertiary/aromatic N) is 4. The van der Waals surface area contributed by atoms with Crippen LogP contribution in [0.3, 0.4) is 0 Å². The first-order valence-electron chi connectivity index (χ1n) is 10.3. The number of halogens is 1. The summed E-state index contributed by atoms with van der Waals surface area (Å²) in [5.41, 5.74) is 9.98. The van der Waals surface area contributed by atoms with Crippen LogP contribution in [-0.2, 0) is 4.74 Å². The van der Waals surface area contributed by atoms with E-state index in [-0.39, 0.29) is 11.5 Å². The Morgan fingerprint density at radius 1 is 1.30 bits per heavy atom. The molecule has 2 N–H and O–H groups in total. The van der Waals surface area contributed by atoms with E-state index in [1.165, 1.54) is 0 Å². The summed E-state index contributed by atoms with van der Waals surface area (Å²) in [5.74, 6) is 1.55. The maximum Gasteiger partial charge on any atom is 0.211 e. The molecule has 3 aromatic rings. The van der Waals surface area contributed by atoms with Crippen molar-refractivity contribution >= 4 is 23.2 Å². The molecule has 2 saturated heterocycles. The number of benzene rings is 1. The Morgan fingerprint density at radius 2 is 2.10 bits per heavy atom. The summed E-state index contributed by atoms with van der Waals surface area (Å²) in [4.78, 5) is 12.0. The lowest BCUT2D eigenvalue weighted by Gasteiger charge is -2.41. The van der Waals surface area contributed by atoms with Crippen molar-refractivity contribution in [3.05, 3.63) is 41.3 Å². The van der Waals surface area contributed by atoms with Crippen molar-refractivity contribution in [1.82, 2.24) is 14.4 Å². The number of rotatable bonds is 3. The Balaban J connectivity index is 1.54. The molecule has 0 saturated carbocycles. The number of hydrogen-bond acceptors (Lipinski definition) is 6. The molecule has 30 heavy (non-hydrogen) atoms. The second-order valence-electron chi connectivity index (χ2n) is 8.29. The van der Waals surface area contributed by atoms with E-state index >= 15 is 0 Å². The predicted octanol–water partition coefficient (Wildman–Crippen LogP) is 3.31. The van der Waals surface area contributed by atoms with Crippen LogP contribution in [0.2, 0.25) is 5.02 Å². The van der Waals surface area contributed by atoms with Crippen molar-refractivity contribution in [2.24, 2.45) is 11.1 Å². The van der Waals surface area contributed by atoms with E-state index in [1.807, 2.05) is 37.5 Å². The van der Waals surface area contributed by atoms with Gasteiger partial charge in [0.2, 0.25) is 5.95 Å². The van der Waals surface area contributed by atoms with Crippen LogP contribution in [0.5, 0.6) is 5.75 Å². The van der Waals surface area contributed by atoms with Crippen LogP contribution in [0.25, 0.3) is 16.8 Å². The van der Waals surface area contributed by atoms with Crippen molar-refractivity contribution in [1.29, 1.82) is 0 Å². The molecule has 1 spiro atoms. The van der Waals surface area contributed by atoms with Crippen LogP contribution in [0, 0.1) is 12.3 Å². The minimum Gasteiger partial charge on any atom is -0.495 e. The third-order valence-electron chi connectivity index (χ3n) is 6.68. The van der Waals surface area contributed by atoms with Gasteiger partial charge in [-0.05, 0) is 25.8 Å². The van der Waals surface area contributed by atoms with Gasteiger partial charge in [-0.15, -0.1) is 0 Å². The molecule has 158 valence electrons. The van der Waals surface area contributed by atoms with E-state index in [9.17, 15) is 0 Å². The molecule has 2 fully saturated rings. The summed E-state index contributed by atoms with van der Waals surface area (Å²) in [7, 11) is 1.62. The van der Waals surface area contributed by atoms with Gasteiger partial charge in [0.1, 0.15) is 11.4 Å². The topological polar surface area (TPSA) is 77.9 Å².